The SMILES string of the molecule is COc1ccc(OC2CCC(C(=O)O)CC2)cc1C(=O)N[C@@H]1[C@H]2CC[C@H](C2)[C@@H]1C(=O)Nc1cccc(S(=O)(=O)C(F)(F)F)c1. The Morgan fingerprint density at radius 1 is 0.955 bits per heavy atom. The first-order chi connectivity index (χ1) is 20.8. The van der Waals surface area contributed by atoms with Crippen LogP contribution in [0, 0.1) is 23.7 Å². The summed E-state index contributed by atoms with van der Waals surface area (Å²) in [6, 6.07) is 8.25. The second-order valence-corrected chi connectivity index (χ2v) is 13.6. The summed E-state index contributed by atoms with van der Waals surface area (Å²) in [7, 11) is -4.18. The lowest BCUT2D eigenvalue weighted by Crippen LogP contribution is -2.48. The molecule has 3 aliphatic rings. The largest absolute Gasteiger partial charge is 0.501 e. The Bertz CT molecular complexity index is 1540. The first-order valence-corrected chi connectivity index (χ1v) is 15.9. The molecule has 238 valence electrons. The Labute approximate surface area is 252 Å². The molecule has 0 unspecified atom stereocenters. The van der Waals surface area contributed by atoms with Crippen LogP contribution in [0.4, 0.5) is 18.9 Å². The fourth-order valence-corrected chi connectivity index (χ4v) is 7.57. The molecule has 0 aromatic heterocycles. The topological polar surface area (TPSA) is 148 Å². The number of hydrogen-bond donors (Lipinski definition) is 3. The number of halogens is 3. The molecule has 4 atom stereocenters. The van der Waals surface area contributed by atoms with E-state index in [1.165, 1.54) is 13.2 Å². The molecule has 3 fully saturated rings. The summed E-state index contributed by atoms with van der Waals surface area (Å²) < 4.78 is 74.4. The molecule has 2 amide bonds. The van der Waals surface area contributed by atoms with Gasteiger partial charge in [0.2, 0.25) is 5.91 Å². The van der Waals surface area contributed by atoms with E-state index in [2.05, 4.69) is 10.6 Å². The average molecular weight is 639 g/mol. The highest BCUT2D eigenvalue weighted by atomic mass is 32.2. The highest BCUT2D eigenvalue weighted by molar-refractivity contribution is 7.92. The van der Waals surface area contributed by atoms with E-state index < -0.39 is 55.9 Å². The van der Waals surface area contributed by atoms with E-state index >= 15 is 0 Å². The van der Waals surface area contributed by atoms with Gasteiger partial charge in [0.25, 0.3) is 15.7 Å². The first kappa shape index (κ1) is 31.6. The second-order valence-electron chi connectivity index (χ2n) is 11.6. The number of hydrogen-bond acceptors (Lipinski definition) is 7. The molecule has 2 aromatic carbocycles. The minimum atomic E-state index is -5.60. The zero-order valence-corrected chi connectivity index (χ0v) is 24.6. The molecule has 3 N–H and O–H groups in total. The van der Waals surface area contributed by atoms with E-state index in [4.69, 9.17) is 9.47 Å². The highest BCUT2D eigenvalue weighted by Crippen LogP contribution is 2.49. The molecule has 3 saturated carbocycles. The van der Waals surface area contributed by atoms with Gasteiger partial charge < -0.3 is 25.2 Å². The summed E-state index contributed by atoms with van der Waals surface area (Å²) in [5, 5.41) is 14.8. The number of amides is 2. The van der Waals surface area contributed by atoms with E-state index in [0.717, 1.165) is 31.0 Å². The summed E-state index contributed by atoms with van der Waals surface area (Å²) in [6.45, 7) is 0. The van der Waals surface area contributed by atoms with Crippen molar-refractivity contribution in [3.05, 3.63) is 48.0 Å². The van der Waals surface area contributed by atoms with Crippen LogP contribution in [0.1, 0.15) is 55.3 Å². The van der Waals surface area contributed by atoms with Crippen molar-refractivity contribution in [2.75, 3.05) is 12.4 Å². The Balaban J connectivity index is 1.30. The summed E-state index contributed by atoms with van der Waals surface area (Å²) in [5.74, 6) is -2.26. The maximum absolute atomic E-state index is 13.6. The van der Waals surface area contributed by atoms with Gasteiger partial charge in [-0.05, 0) is 93.2 Å². The van der Waals surface area contributed by atoms with Gasteiger partial charge in [0.05, 0.1) is 35.5 Å². The van der Waals surface area contributed by atoms with E-state index in [1.54, 1.807) is 18.2 Å². The molecule has 3 aliphatic carbocycles. The van der Waals surface area contributed by atoms with Crippen molar-refractivity contribution in [3.8, 4) is 11.5 Å². The molecule has 44 heavy (non-hydrogen) atoms. The number of alkyl halides is 3. The van der Waals surface area contributed by atoms with Crippen molar-refractivity contribution in [3.63, 3.8) is 0 Å². The number of ether oxygens (including phenoxy) is 2. The number of benzene rings is 2. The molecule has 2 bridgehead atoms. The third kappa shape index (κ3) is 6.35. The molecule has 0 radical (unpaired) electrons. The third-order valence-corrected chi connectivity index (χ3v) is 10.5. The monoisotopic (exact) mass is 638 g/mol. The number of rotatable bonds is 9. The minimum absolute atomic E-state index is 0.00601. The van der Waals surface area contributed by atoms with Gasteiger partial charge in [0, 0.05) is 11.7 Å². The van der Waals surface area contributed by atoms with Crippen LogP contribution in [-0.4, -0.2) is 56.1 Å². The van der Waals surface area contributed by atoms with Crippen molar-refractivity contribution in [1.82, 2.24) is 5.32 Å². The van der Waals surface area contributed by atoms with Crippen LogP contribution < -0.4 is 20.1 Å². The van der Waals surface area contributed by atoms with Crippen LogP contribution in [-0.2, 0) is 19.4 Å². The van der Waals surface area contributed by atoms with Crippen LogP contribution in [0.25, 0.3) is 0 Å². The van der Waals surface area contributed by atoms with Gasteiger partial charge in [0.15, 0.2) is 0 Å². The van der Waals surface area contributed by atoms with Crippen molar-refractivity contribution < 1.29 is 50.6 Å². The van der Waals surface area contributed by atoms with Crippen molar-refractivity contribution in [2.45, 2.75) is 67.5 Å². The van der Waals surface area contributed by atoms with Gasteiger partial charge in [-0.2, -0.15) is 13.2 Å². The normalized spacial score (nSPS) is 26.5. The predicted molar refractivity (Wildman–Crippen MR) is 151 cm³/mol. The van der Waals surface area contributed by atoms with Gasteiger partial charge in [-0.25, -0.2) is 8.42 Å². The number of carbonyl (C=O) groups excluding carboxylic acids is 2. The Kier molecular flexibility index (Phi) is 8.83. The number of nitrogens with one attached hydrogen (secondary N) is 2. The Morgan fingerprint density at radius 2 is 1.66 bits per heavy atom. The smallest absolute Gasteiger partial charge is 0.496 e. The number of carbonyl (C=O) groups is 3. The van der Waals surface area contributed by atoms with Crippen LogP contribution in [0.2, 0.25) is 0 Å². The number of aliphatic carboxylic acids is 1. The summed E-state index contributed by atoms with van der Waals surface area (Å²) in [5.41, 5.74) is -5.40. The number of sulfone groups is 1. The van der Waals surface area contributed by atoms with Gasteiger partial charge in [-0.15, -0.1) is 0 Å². The molecule has 10 nitrogen and oxygen atoms in total. The number of carboxylic acids is 1. The van der Waals surface area contributed by atoms with Crippen molar-refractivity contribution in [2.24, 2.45) is 23.7 Å². The second kappa shape index (κ2) is 12.3. The summed E-state index contributed by atoms with van der Waals surface area (Å²) in [4.78, 5) is 37.3. The van der Waals surface area contributed by atoms with E-state index in [1.807, 2.05) is 0 Å². The van der Waals surface area contributed by atoms with E-state index in [-0.39, 0.29) is 34.9 Å². The molecule has 0 saturated heterocycles. The van der Waals surface area contributed by atoms with Gasteiger partial charge >= 0.3 is 11.5 Å². The average Bonchev–Trinajstić information content (AvgIpc) is 3.59. The van der Waals surface area contributed by atoms with Crippen LogP contribution in [0.15, 0.2) is 47.4 Å². The number of methoxy groups -OCH3 is 1. The van der Waals surface area contributed by atoms with Crippen LogP contribution >= 0.6 is 0 Å². The highest BCUT2D eigenvalue weighted by Gasteiger charge is 2.52. The fraction of sp³-hybridized carbons (Fsp3) is 0.500. The van der Waals surface area contributed by atoms with E-state index in [0.29, 0.717) is 37.9 Å². The van der Waals surface area contributed by atoms with Gasteiger partial charge in [0.1, 0.15) is 11.5 Å². The van der Waals surface area contributed by atoms with Gasteiger partial charge in [-0.3, -0.25) is 14.4 Å². The van der Waals surface area contributed by atoms with Crippen LogP contribution in [0.3, 0.4) is 0 Å². The molecule has 14 heteroatoms. The summed E-state index contributed by atoms with van der Waals surface area (Å²) >= 11 is 0. The molecule has 5 rings (SSSR count). The maximum atomic E-state index is 13.6. The van der Waals surface area contributed by atoms with Gasteiger partial charge in [-0.1, -0.05) is 6.07 Å². The quantitative estimate of drug-likeness (QED) is 0.355. The molecule has 0 spiro atoms. The lowest BCUT2D eigenvalue weighted by molar-refractivity contribution is -0.143. The molecule has 0 heterocycles. The standard InChI is InChI=1S/C30H33F3N2O8S/c1-42-24-12-11-21(43-20-9-7-16(8-10-20)29(38)39)15-23(24)27(36)35-26-18-6-5-17(13-18)25(26)28(37)34-19-3-2-4-22(14-19)44(40,41)30(31,32)33/h2-4,11-12,14-18,20,25-26H,5-10,13H2,1H3,(H,34,37)(H,35,36)(H,38,39)/t16?,17-,18+,20?,25+,26-/m1/s1. The summed E-state index contributed by atoms with van der Waals surface area (Å²) in [6.07, 6.45) is 4.16. The molecule has 2 aromatic rings. The number of fused-ring (bicyclic) bond motifs is 2. The van der Waals surface area contributed by atoms with Crippen molar-refractivity contribution in [1.29, 1.82) is 0 Å². The molecule has 0 aliphatic heterocycles. The van der Waals surface area contributed by atoms with Crippen molar-refractivity contribution >= 4 is 33.3 Å². The molecular formula is C30H33F3N2O8S. The zero-order chi connectivity index (χ0) is 31.8. The number of anilines is 1. The lowest BCUT2D eigenvalue weighted by Gasteiger charge is -2.31. The lowest BCUT2D eigenvalue weighted by atomic mass is 9.83. The Hall–Kier alpha value is -3.81. The maximum Gasteiger partial charge on any atom is 0.501 e. The third-order valence-electron chi connectivity index (χ3n) is 8.98. The number of carboxylic acid groups (broad SMARTS) is 1. The first-order valence-electron chi connectivity index (χ1n) is 14.4. The predicted octanol–water partition coefficient (Wildman–Crippen LogP) is 4.79. The van der Waals surface area contributed by atoms with E-state index in [9.17, 15) is 41.1 Å². The molecular weight excluding hydrogens is 605 g/mol. The fourth-order valence-electron chi connectivity index (χ4n) is 6.76. The zero-order valence-electron chi connectivity index (χ0n) is 23.8. The Morgan fingerprint density at radius 3 is 2.32 bits per heavy atom. The minimum Gasteiger partial charge on any atom is -0.496 e. The van der Waals surface area contributed by atoms with Crippen LogP contribution in [0.5, 0.6) is 11.5 Å².